The molecule has 1 aromatic heterocycles. The minimum Gasteiger partial charge on any atom is -0.340 e. The molecule has 7 nitrogen and oxygen atoms in total. The van der Waals surface area contributed by atoms with Crippen LogP contribution in [0.25, 0.3) is 5.69 Å². The monoisotopic (exact) mass is 362 g/mol. The molecule has 0 atom stereocenters. The minimum atomic E-state index is -0.332. The number of halogens is 1. The van der Waals surface area contributed by atoms with E-state index in [1.54, 1.807) is 4.68 Å². The number of amides is 1. The van der Waals surface area contributed by atoms with E-state index in [0.717, 1.165) is 37.7 Å². The molecule has 0 saturated carbocycles. The first-order chi connectivity index (χ1) is 11.8. The van der Waals surface area contributed by atoms with Crippen molar-refractivity contribution in [3.63, 3.8) is 0 Å². The molecular weight excluding hydrogens is 340 g/mol. The van der Waals surface area contributed by atoms with Crippen LogP contribution in [0, 0.1) is 5.41 Å². The van der Waals surface area contributed by atoms with Gasteiger partial charge >= 0.3 is 0 Å². The standard InChI is InChI=1S/C17H23ClN6O/c1-17(2,3)16(25)23-10-8-22(9-11-23)12-15-19-20-21-24(15)14-6-4-13(18)5-7-14/h4-7H,8-12H2,1-3H3. The molecule has 1 amide bonds. The molecule has 0 radical (unpaired) electrons. The number of benzene rings is 1. The van der Waals surface area contributed by atoms with Crippen molar-refractivity contribution in [2.75, 3.05) is 26.2 Å². The maximum atomic E-state index is 12.4. The third-order valence-electron chi connectivity index (χ3n) is 4.27. The van der Waals surface area contributed by atoms with E-state index in [-0.39, 0.29) is 11.3 Å². The van der Waals surface area contributed by atoms with Gasteiger partial charge in [0.25, 0.3) is 0 Å². The minimum absolute atomic E-state index is 0.207. The van der Waals surface area contributed by atoms with Crippen molar-refractivity contribution in [2.45, 2.75) is 27.3 Å². The summed E-state index contributed by atoms with van der Waals surface area (Å²) in [5, 5.41) is 12.7. The molecule has 1 fully saturated rings. The van der Waals surface area contributed by atoms with Crippen LogP contribution in [0.15, 0.2) is 24.3 Å². The van der Waals surface area contributed by atoms with Crippen molar-refractivity contribution in [2.24, 2.45) is 5.41 Å². The molecule has 0 aliphatic carbocycles. The number of carbonyl (C=O) groups excluding carboxylic acids is 1. The third-order valence-corrected chi connectivity index (χ3v) is 4.52. The molecule has 0 bridgehead atoms. The van der Waals surface area contributed by atoms with Gasteiger partial charge in [0.2, 0.25) is 5.91 Å². The SMILES string of the molecule is CC(C)(C)C(=O)N1CCN(Cc2nnnn2-c2ccc(Cl)cc2)CC1. The summed E-state index contributed by atoms with van der Waals surface area (Å²) >= 11 is 5.94. The smallest absolute Gasteiger partial charge is 0.228 e. The van der Waals surface area contributed by atoms with Gasteiger partial charge in [-0.25, -0.2) is 0 Å². The van der Waals surface area contributed by atoms with Crippen LogP contribution < -0.4 is 0 Å². The zero-order valence-corrected chi connectivity index (χ0v) is 15.6. The largest absolute Gasteiger partial charge is 0.340 e. The Morgan fingerprint density at radius 3 is 2.36 bits per heavy atom. The first kappa shape index (κ1) is 17.8. The van der Waals surface area contributed by atoms with E-state index in [9.17, 15) is 4.79 Å². The first-order valence-corrected chi connectivity index (χ1v) is 8.77. The summed E-state index contributed by atoms with van der Waals surface area (Å²) in [5.74, 6) is 0.982. The van der Waals surface area contributed by atoms with E-state index in [1.807, 2.05) is 49.9 Å². The highest BCUT2D eigenvalue weighted by molar-refractivity contribution is 6.30. The van der Waals surface area contributed by atoms with E-state index in [1.165, 1.54) is 0 Å². The van der Waals surface area contributed by atoms with Crippen molar-refractivity contribution < 1.29 is 4.79 Å². The molecule has 2 heterocycles. The summed E-state index contributed by atoms with van der Waals surface area (Å²) in [6.07, 6.45) is 0. The second-order valence-electron chi connectivity index (χ2n) is 7.30. The van der Waals surface area contributed by atoms with E-state index in [0.29, 0.717) is 11.6 Å². The molecule has 25 heavy (non-hydrogen) atoms. The summed E-state index contributed by atoms with van der Waals surface area (Å²) in [4.78, 5) is 16.6. The zero-order valence-electron chi connectivity index (χ0n) is 14.8. The Kier molecular flexibility index (Phi) is 5.06. The number of hydrogen-bond donors (Lipinski definition) is 0. The van der Waals surface area contributed by atoms with Crippen molar-refractivity contribution in [3.8, 4) is 5.69 Å². The van der Waals surface area contributed by atoms with Gasteiger partial charge in [-0.2, -0.15) is 4.68 Å². The maximum absolute atomic E-state index is 12.4. The van der Waals surface area contributed by atoms with Gasteiger partial charge in [0, 0.05) is 36.6 Å². The van der Waals surface area contributed by atoms with Crippen molar-refractivity contribution in [1.29, 1.82) is 0 Å². The van der Waals surface area contributed by atoms with Gasteiger partial charge < -0.3 is 4.90 Å². The van der Waals surface area contributed by atoms with Crippen molar-refractivity contribution in [3.05, 3.63) is 35.1 Å². The quantitative estimate of drug-likeness (QED) is 0.835. The second-order valence-corrected chi connectivity index (χ2v) is 7.74. The van der Waals surface area contributed by atoms with E-state index < -0.39 is 0 Å². The number of hydrogen-bond acceptors (Lipinski definition) is 5. The highest BCUT2D eigenvalue weighted by atomic mass is 35.5. The molecule has 2 aromatic rings. The summed E-state index contributed by atoms with van der Waals surface area (Å²) in [5.41, 5.74) is 0.548. The van der Waals surface area contributed by atoms with Gasteiger partial charge in [-0.15, -0.1) is 5.10 Å². The van der Waals surface area contributed by atoms with Crippen LogP contribution in [0.1, 0.15) is 26.6 Å². The van der Waals surface area contributed by atoms with Crippen LogP contribution in [0.4, 0.5) is 0 Å². The Bertz CT molecular complexity index is 728. The molecule has 1 aliphatic rings. The van der Waals surface area contributed by atoms with Gasteiger partial charge in [-0.05, 0) is 34.7 Å². The molecular formula is C17H23ClN6O. The Balaban J connectivity index is 1.63. The van der Waals surface area contributed by atoms with E-state index >= 15 is 0 Å². The predicted molar refractivity (Wildman–Crippen MR) is 95.5 cm³/mol. The molecule has 1 aliphatic heterocycles. The fourth-order valence-electron chi connectivity index (χ4n) is 2.87. The van der Waals surface area contributed by atoms with Crippen LogP contribution in [0.2, 0.25) is 5.02 Å². The van der Waals surface area contributed by atoms with Gasteiger partial charge in [0.15, 0.2) is 5.82 Å². The van der Waals surface area contributed by atoms with E-state index in [2.05, 4.69) is 20.4 Å². The lowest BCUT2D eigenvalue weighted by molar-refractivity contribution is -0.141. The lowest BCUT2D eigenvalue weighted by atomic mass is 9.94. The van der Waals surface area contributed by atoms with Crippen LogP contribution in [-0.2, 0) is 11.3 Å². The Hall–Kier alpha value is -1.99. The topological polar surface area (TPSA) is 67.2 Å². The average molecular weight is 363 g/mol. The Morgan fingerprint density at radius 1 is 1.12 bits per heavy atom. The number of carbonyl (C=O) groups is 1. The molecule has 0 spiro atoms. The lowest BCUT2D eigenvalue weighted by Crippen LogP contribution is -2.51. The van der Waals surface area contributed by atoms with Crippen LogP contribution in [0.3, 0.4) is 0 Å². The molecule has 1 aromatic carbocycles. The highest BCUT2D eigenvalue weighted by Gasteiger charge is 2.30. The number of aromatic nitrogens is 4. The Labute approximate surface area is 152 Å². The summed E-state index contributed by atoms with van der Waals surface area (Å²) in [6.45, 7) is 9.63. The summed E-state index contributed by atoms with van der Waals surface area (Å²) < 4.78 is 1.73. The molecule has 8 heteroatoms. The molecule has 1 saturated heterocycles. The lowest BCUT2D eigenvalue weighted by Gasteiger charge is -2.37. The van der Waals surface area contributed by atoms with Gasteiger partial charge in [-0.1, -0.05) is 32.4 Å². The van der Waals surface area contributed by atoms with Crippen LogP contribution in [0.5, 0.6) is 0 Å². The summed E-state index contributed by atoms with van der Waals surface area (Å²) in [7, 11) is 0. The number of rotatable bonds is 3. The van der Waals surface area contributed by atoms with Gasteiger partial charge in [0.1, 0.15) is 0 Å². The molecule has 0 N–H and O–H groups in total. The summed E-state index contributed by atoms with van der Waals surface area (Å²) in [6, 6.07) is 7.42. The van der Waals surface area contributed by atoms with Crippen molar-refractivity contribution in [1.82, 2.24) is 30.0 Å². The average Bonchev–Trinajstić information content (AvgIpc) is 3.03. The van der Waals surface area contributed by atoms with Crippen molar-refractivity contribution >= 4 is 17.5 Å². The van der Waals surface area contributed by atoms with E-state index in [4.69, 9.17) is 11.6 Å². The maximum Gasteiger partial charge on any atom is 0.228 e. The molecule has 134 valence electrons. The zero-order chi connectivity index (χ0) is 18.0. The van der Waals surface area contributed by atoms with Crippen LogP contribution >= 0.6 is 11.6 Å². The number of piperazine rings is 1. The number of nitrogens with zero attached hydrogens (tertiary/aromatic N) is 6. The van der Waals surface area contributed by atoms with Gasteiger partial charge in [-0.3, -0.25) is 9.69 Å². The molecule has 0 unspecified atom stereocenters. The Morgan fingerprint density at radius 2 is 1.76 bits per heavy atom. The normalized spacial score (nSPS) is 16.2. The second kappa shape index (κ2) is 7.09. The fourth-order valence-corrected chi connectivity index (χ4v) is 3.00. The fraction of sp³-hybridized carbons (Fsp3) is 0.529. The van der Waals surface area contributed by atoms with Gasteiger partial charge in [0.05, 0.1) is 12.2 Å². The third kappa shape index (κ3) is 4.16. The van der Waals surface area contributed by atoms with Crippen LogP contribution in [-0.4, -0.2) is 62.1 Å². The number of tetrazole rings is 1. The highest BCUT2D eigenvalue weighted by Crippen LogP contribution is 2.19. The molecule has 3 rings (SSSR count). The predicted octanol–water partition coefficient (Wildman–Crippen LogP) is 2.01. The first-order valence-electron chi connectivity index (χ1n) is 8.39.